The molecule has 110 valence electrons. The third-order valence-electron chi connectivity index (χ3n) is 3.86. The molecule has 1 aliphatic heterocycles. The molecule has 2 atom stereocenters. The number of benzene rings is 1. The van der Waals surface area contributed by atoms with E-state index < -0.39 is 0 Å². The number of guanidine groups is 1. The zero-order valence-corrected chi connectivity index (χ0v) is 12.5. The number of methoxy groups -OCH3 is 1. The minimum Gasteiger partial charge on any atom is -0.375 e. The van der Waals surface area contributed by atoms with Crippen LogP contribution in [0.1, 0.15) is 31.4 Å². The van der Waals surface area contributed by atoms with Crippen molar-refractivity contribution < 1.29 is 4.74 Å². The van der Waals surface area contributed by atoms with Crippen molar-refractivity contribution in [2.75, 3.05) is 26.7 Å². The zero-order chi connectivity index (χ0) is 14.4. The van der Waals surface area contributed by atoms with Gasteiger partial charge in [-0.2, -0.15) is 0 Å². The van der Waals surface area contributed by atoms with E-state index in [9.17, 15) is 0 Å². The number of ether oxygens (including phenoxy) is 1. The first kappa shape index (κ1) is 14.9. The molecule has 1 heterocycles. The molecule has 0 radical (unpaired) electrons. The lowest BCUT2D eigenvalue weighted by Crippen LogP contribution is -2.43. The highest BCUT2D eigenvalue weighted by molar-refractivity contribution is 5.78. The van der Waals surface area contributed by atoms with Crippen molar-refractivity contribution >= 4 is 5.96 Å². The highest BCUT2D eigenvalue weighted by Gasteiger charge is 2.18. The first-order chi connectivity index (χ1) is 9.70. The summed E-state index contributed by atoms with van der Waals surface area (Å²) in [5, 5.41) is 0. The van der Waals surface area contributed by atoms with Crippen LogP contribution in [0.2, 0.25) is 0 Å². The normalized spacial score (nSPS) is 21.8. The molecule has 0 spiro atoms. The Hall–Kier alpha value is -1.55. The lowest BCUT2D eigenvalue weighted by Gasteiger charge is -2.31. The van der Waals surface area contributed by atoms with Gasteiger partial charge in [-0.05, 0) is 24.3 Å². The average Bonchev–Trinajstić information content (AvgIpc) is 2.49. The van der Waals surface area contributed by atoms with E-state index >= 15 is 0 Å². The van der Waals surface area contributed by atoms with Crippen LogP contribution in [0.4, 0.5) is 0 Å². The van der Waals surface area contributed by atoms with E-state index in [0.717, 1.165) is 18.7 Å². The molecule has 0 aromatic heterocycles. The van der Waals surface area contributed by atoms with Gasteiger partial charge in [-0.15, -0.1) is 0 Å². The molecule has 1 aromatic rings. The number of likely N-dealkylation sites (tertiary alicyclic amines) is 1. The van der Waals surface area contributed by atoms with Crippen molar-refractivity contribution in [1.29, 1.82) is 0 Å². The fourth-order valence-corrected chi connectivity index (χ4v) is 2.66. The summed E-state index contributed by atoms with van der Waals surface area (Å²) < 4.78 is 5.51. The van der Waals surface area contributed by atoms with Crippen LogP contribution < -0.4 is 5.73 Å². The Morgan fingerprint density at radius 2 is 2.20 bits per heavy atom. The second kappa shape index (κ2) is 7.29. The van der Waals surface area contributed by atoms with Gasteiger partial charge in [0.05, 0.1) is 6.54 Å². The first-order valence-electron chi connectivity index (χ1n) is 7.33. The number of piperidine rings is 1. The van der Waals surface area contributed by atoms with Crippen molar-refractivity contribution in [3.8, 4) is 0 Å². The van der Waals surface area contributed by atoms with E-state index in [-0.39, 0.29) is 6.10 Å². The zero-order valence-electron chi connectivity index (χ0n) is 12.5. The number of hydrogen-bond donors (Lipinski definition) is 1. The van der Waals surface area contributed by atoms with Crippen molar-refractivity contribution in [1.82, 2.24) is 4.90 Å². The van der Waals surface area contributed by atoms with Crippen LogP contribution in [0, 0.1) is 5.92 Å². The monoisotopic (exact) mass is 275 g/mol. The summed E-state index contributed by atoms with van der Waals surface area (Å²) in [6.45, 7) is 4.86. The highest BCUT2D eigenvalue weighted by Crippen LogP contribution is 2.18. The highest BCUT2D eigenvalue weighted by atomic mass is 16.5. The van der Waals surface area contributed by atoms with Crippen LogP contribution >= 0.6 is 0 Å². The van der Waals surface area contributed by atoms with Gasteiger partial charge in [-0.3, -0.25) is 4.99 Å². The molecule has 20 heavy (non-hydrogen) atoms. The van der Waals surface area contributed by atoms with Crippen molar-refractivity contribution in [2.24, 2.45) is 16.6 Å². The summed E-state index contributed by atoms with van der Waals surface area (Å²) >= 11 is 0. The third-order valence-corrected chi connectivity index (χ3v) is 3.86. The molecular weight excluding hydrogens is 250 g/mol. The van der Waals surface area contributed by atoms with E-state index in [1.54, 1.807) is 7.11 Å². The Morgan fingerprint density at radius 3 is 2.85 bits per heavy atom. The quantitative estimate of drug-likeness (QED) is 0.678. The van der Waals surface area contributed by atoms with Gasteiger partial charge in [0.2, 0.25) is 0 Å². The summed E-state index contributed by atoms with van der Waals surface area (Å²) in [5.74, 6) is 1.35. The molecule has 1 aromatic carbocycles. The maximum absolute atomic E-state index is 6.11. The third kappa shape index (κ3) is 3.97. The predicted molar refractivity (Wildman–Crippen MR) is 82.7 cm³/mol. The van der Waals surface area contributed by atoms with Crippen LogP contribution in [0.3, 0.4) is 0 Å². The first-order valence-corrected chi connectivity index (χ1v) is 7.33. The summed E-state index contributed by atoms with van der Waals surface area (Å²) in [7, 11) is 1.71. The Morgan fingerprint density at radius 1 is 1.45 bits per heavy atom. The van der Waals surface area contributed by atoms with Crippen molar-refractivity contribution in [3.63, 3.8) is 0 Å². The molecule has 0 amide bonds. The number of rotatable bonds is 4. The van der Waals surface area contributed by atoms with Crippen LogP contribution in [0.25, 0.3) is 0 Å². The summed E-state index contributed by atoms with van der Waals surface area (Å²) in [6, 6.07) is 10.1. The van der Waals surface area contributed by atoms with Gasteiger partial charge < -0.3 is 15.4 Å². The molecule has 1 saturated heterocycles. The molecule has 2 unspecified atom stereocenters. The number of nitrogens with zero attached hydrogens (tertiary/aromatic N) is 2. The summed E-state index contributed by atoms with van der Waals surface area (Å²) in [4.78, 5) is 6.71. The van der Waals surface area contributed by atoms with Crippen LogP contribution in [0.15, 0.2) is 35.3 Å². The number of hydrogen-bond acceptors (Lipinski definition) is 2. The summed E-state index contributed by atoms with van der Waals surface area (Å²) in [6.07, 6.45) is 2.45. The van der Waals surface area contributed by atoms with E-state index in [1.165, 1.54) is 12.8 Å². The largest absolute Gasteiger partial charge is 0.375 e. The average molecular weight is 275 g/mol. The molecule has 0 saturated carbocycles. The maximum Gasteiger partial charge on any atom is 0.191 e. The minimum atomic E-state index is -0.0306. The molecule has 2 N–H and O–H groups in total. The minimum absolute atomic E-state index is 0.0306. The molecule has 4 nitrogen and oxygen atoms in total. The Kier molecular flexibility index (Phi) is 5.41. The lowest BCUT2D eigenvalue weighted by molar-refractivity contribution is 0.110. The van der Waals surface area contributed by atoms with Gasteiger partial charge in [-0.25, -0.2) is 0 Å². The fraction of sp³-hybridized carbons (Fsp3) is 0.562. The standard InChI is InChI=1S/C16H25N3O/c1-13-7-6-10-19(12-13)16(17)18-11-15(20-2)14-8-4-3-5-9-14/h3-5,8-9,13,15H,6-7,10-12H2,1-2H3,(H2,17,18). The van der Waals surface area contributed by atoms with Gasteiger partial charge in [0.15, 0.2) is 5.96 Å². The smallest absolute Gasteiger partial charge is 0.191 e. The van der Waals surface area contributed by atoms with Gasteiger partial charge >= 0.3 is 0 Å². The Bertz CT molecular complexity index is 433. The second-order valence-corrected chi connectivity index (χ2v) is 5.53. The molecule has 2 rings (SSSR count). The molecule has 4 heteroatoms. The lowest BCUT2D eigenvalue weighted by atomic mass is 10.0. The van der Waals surface area contributed by atoms with Gasteiger partial charge in [-0.1, -0.05) is 37.3 Å². The van der Waals surface area contributed by atoms with Gasteiger partial charge in [0.1, 0.15) is 6.10 Å². The van der Waals surface area contributed by atoms with Gasteiger partial charge in [0, 0.05) is 20.2 Å². The van der Waals surface area contributed by atoms with E-state index in [0.29, 0.717) is 18.4 Å². The molecule has 1 aliphatic rings. The molecule has 1 fully saturated rings. The molecule has 0 bridgehead atoms. The van der Waals surface area contributed by atoms with E-state index in [1.807, 2.05) is 18.2 Å². The number of nitrogens with two attached hydrogens (primary N) is 1. The fourth-order valence-electron chi connectivity index (χ4n) is 2.66. The predicted octanol–water partition coefficient (Wildman–Crippen LogP) is 2.42. The SMILES string of the molecule is COC(CN=C(N)N1CCCC(C)C1)c1ccccc1. The Balaban J connectivity index is 1.96. The van der Waals surface area contributed by atoms with Crippen LogP contribution in [-0.4, -0.2) is 37.6 Å². The molecular formula is C16H25N3O. The summed E-state index contributed by atoms with van der Waals surface area (Å²) in [5.41, 5.74) is 7.25. The molecule has 0 aliphatic carbocycles. The van der Waals surface area contributed by atoms with Gasteiger partial charge in [0.25, 0.3) is 0 Å². The topological polar surface area (TPSA) is 50.9 Å². The maximum atomic E-state index is 6.11. The van der Waals surface area contributed by atoms with Crippen molar-refractivity contribution in [2.45, 2.75) is 25.9 Å². The van der Waals surface area contributed by atoms with Crippen LogP contribution in [0.5, 0.6) is 0 Å². The van der Waals surface area contributed by atoms with E-state index in [2.05, 4.69) is 28.9 Å². The second-order valence-electron chi connectivity index (χ2n) is 5.53. The van der Waals surface area contributed by atoms with Crippen LogP contribution in [-0.2, 0) is 4.74 Å². The van der Waals surface area contributed by atoms with E-state index in [4.69, 9.17) is 10.5 Å². The number of aliphatic imine (C=N–C) groups is 1. The van der Waals surface area contributed by atoms with Crippen molar-refractivity contribution in [3.05, 3.63) is 35.9 Å². The Labute approximate surface area is 121 Å².